The molecule has 1 atom stereocenters. The topological polar surface area (TPSA) is 66.8 Å². The molecule has 0 saturated carbocycles. The van der Waals surface area contributed by atoms with Crippen LogP contribution < -0.4 is 0 Å². The Labute approximate surface area is 123 Å². The van der Waals surface area contributed by atoms with E-state index in [4.69, 9.17) is 9.84 Å². The molecular weight excluding hydrogens is 270 g/mol. The van der Waals surface area contributed by atoms with E-state index < -0.39 is 0 Å². The number of rotatable bonds is 2. The second-order valence-electron chi connectivity index (χ2n) is 4.80. The number of hydrogen-bond donors (Lipinski definition) is 1. The highest BCUT2D eigenvalue weighted by molar-refractivity contribution is 5.95. The Morgan fingerprint density at radius 1 is 1.48 bits per heavy atom. The lowest BCUT2D eigenvalue weighted by atomic mass is 10.1. The highest BCUT2D eigenvalue weighted by Gasteiger charge is 2.32. The average molecular weight is 287 g/mol. The van der Waals surface area contributed by atoms with E-state index in [1.807, 2.05) is 0 Å². The Bertz CT molecular complexity index is 600. The molecule has 5 nitrogen and oxygen atoms in total. The molecule has 110 valence electrons. The number of aliphatic hydroxyl groups is 1. The van der Waals surface area contributed by atoms with Crippen molar-refractivity contribution in [2.45, 2.75) is 6.42 Å². The third-order valence-corrected chi connectivity index (χ3v) is 3.43. The molecule has 1 N–H and O–H groups in total. The van der Waals surface area contributed by atoms with Crippen LogP contribution in [-0.2, 0) is 9.53 Å². The number of esters is 1. The minimum Gasteiger partial charge on any atom is -0.469 e. The number of methoxy groups -OCH3 is 1. The molecule has 1 unspecified atom stereocenters. The van der Waals surface area contributed by atoms with Crippen LogP contribution in [0.5, 0.6) is 0 Å². The number of ether oxygens (including phenoxy) is 1. The van der Waals surface area contributed by atoms with Gasteiger partial charge in [-0.2, -0.15) is 0 Å². The van der Waals surface area contributed by atoms with E-state index in [-0.39, 0.29) is 24.4 Å². The standard InChI is InChI=1S/C16H17NO4/c1-21-16(20)14-7-8-17(11-14)15(19)13-6-2-4-12(10-13)5-3-9-18/h2,4,6,10,14,18H,7-9,11H2,1H3. The maximum atomic E-state index is 12.4. The highest BCUT2D eigenvalue weighted by atomic mass is 16.5. The molecule has 1 aromatic rings. The summed E-state index contributed by atoms with van der Waals surface area (Å²) < 4.78 is 4.71. The Morgan fingerprint density at radius 3 is 3.00 bits per heavy atom. The van der Waals surface area contributed by atoms with Gasteiger partial charge in [-0.1, -0.05) is 17.9 Å². The predicted molar refractivity (Wildman–Crippen MR) is 76.4 cm³/mol. The maximum Gasteiger partial charge on any atom is 0.310 e. The minimum atomic E-state index is -0.270. The second-order valence-corrected chi connectivity index (χ2v) is 4.80. The molecule has 1 fully saturated rings. The zero-order valence-electron chi connectivity index (χ0n) is 11.8. The van der Waals surface area contributed by atoms with Crippen LogP contribution in [0.3, 0.4) is 0 Å². The molecule has 0 spiro atoms. The van der Waals surface area contributed by atoms with Gasteiger partial charge in [0.2, 0.25) is 0 Å². The smallest absolute Gasteiger partial charge is 0.310 e. The molecule has 0 aromatic heterocycles. The number of carbonyl (C=O) groups is 2. The normalized spacial score (nSPS) is 17.0. The van der Waals surface area contributed by atoms with Crippen molar-refractivity contribution in [1.82, 2.24) is 4.90 Å². The first-order valence-corrected chi connectivity index (χ1v) is 6.72. The second kappa shape index (κ2) is 6.91. The van der Waals surface area contributed by atoms with Crippen molar-refractivity contribution in [1.29, 1.82) is 0 Å². The summed E-state index contributed by atoms with van der Waals surface area (Å²) in [6, 6.07) is 6.94. The molecular formula is C16H17NO4. The number of nitrogens with zero attached hydrogens (tertiary/aromatic N) is 1. The molecule has 1 amide bonds. The molecule has 1 aliphatic heterocycles. The molecule has 1 aromatic carbocycles. The number of likely N-dealkylation sites (tertiary alicyclic amines) is 1. The van der Waals surface area contributed by atoms with Crippen molar-refractivity contribution >= 4 is 11.9 Å². The fourth-order valence-corrected chi connectivity index (χ4v) is 2.36. The van der Waals surface area contributed by atoms with Crippen LogP contribution in [0.2, 0.25) is 0 Å². The average Bonchev–Trinajstić information content (AvgIpc) is 3.01. The number of carbonyl (C=O) groups excluding carboxylic acids is 2. The summed E-state index contributed by atoms with van der Waals surface area (Å²) in [6.45, 7) is 0.717. The molecule has 21 heavy (non-hydrogen) atoms. The van der Waals surface area contributed by atoms with Gasteiger partial charge in [-0.15, -0.1) is 0 Å². The quantitative estimate of drug-likeness (QED) is 0.641. The first-order chi connectivity index (χ1) is 10.2. The molecule has 2 rings (SSSR count). The number of hydrogen-bond acceptors (Lipinski definition) is 4. The Kier molecular flexibility index (Phi) is 4.96. The highest BCUT2D eigenvalue weighted by Crippen LogP contribution is 2.20. The summed E-state index contributed by atoms with van der Waals surface area (Å²) in [7, 11) is 1.36. The lowest BCUT2D eigenvalue weighted by Gasteiger charge is -2.16. The van der Waals surface area contributed by atoms with Crippen molar-refractivity contribution in [3.63, 3.8) is 0 Å². The lowest BCUT2D eigenvalue weighted by Crippen LogP contribution is -2.30. The Balaban J connectivity index is 2.09. The number of amides is 1. The maximum absolute atomic E-state index is 12.4. The molecule has 0 aliphatic carbocycles. The van der Waals surface area contributed by atoms with Crippen LogP contribution >= 0.6 is 0 Å². The van der Waals surface area contributed by atoms with Gasteiger partial charge in [-0.05, 0) is 24.6 Å². The van der Waals surface area contributed by atoms with Crippen LogP contribution in [0.4, 0.5) is 0 Å². The molecule has 1 saturated heterocycles. The summed E-state index contributed by atoms with van der Waals surface area (Å²) in [5, 5.41) is 8.69. The van der Waals surface area contributed by atoms with E-state index in [1.165, 1.54) is 7.11 Å². The Hall–Kier alpha value is -2.32. The van der Waals surface area contributed by atoms with E-state index in [9.17, 15) is 9.59 Å². The van der Waals surface area contributed by atoms with E-state index >= 15 is 0 Å². The van der Waals surface area contributed by atoms with E-state index in [2.05, 4.69) is 11.8 Å². The zero-order valence-corrected chi connectivity index (χ0v) is 11.8. The molecule has 5 heteroatoms. The van der Waals surface area contributed by atoms with Crippen LogP contribution in [0.1, 0.15) is 22.3 Å². The van der Waals surface area contributed by atoms with Crippen LogP contribution in [0.15, 0.2) is 24.3 Å². The fraction of sp³-hybridized carbons (Fsp3) is 0.375. The largest absolute Gasteiger partial charge is 0.469 e. The summed E-state index contributed by atoms with van der Waals surface area (Å²) in [5.41, 5.74) is 1.21. The van der Waals surface area contributed by atoms with Crippen molar-refractivity contribution in [2.75, 3.05) is 26.8 Å². The first kappa shape index (κ1) is 15.1. The van der Waals surface area contributed by atoms with E-state index in [0.717, 1.165) is 0 Å². The molecule has 0 radical (unpaired) electrons. The first-order valence-electron chi connectivity index (χ1n) is 6.72. The SMILES string of the molecule is COC(=O)C1CCN(C(=O)c2cccc(C#CCO)c2)C1. The molecule has 1 aliphatic rings. The Morgan fingerprint density at radius 2 is 2.29 bits per heavy atom. The third kappa shape index (κ3) is 3.61. The predicted octanol–water partition coefficient (Wildman–Crippen LogP) is 0.665. The lowest BCUT2D eigenvalue weighted by molar-refractivity contribution is -0.144. The molecule has 0 bridgehead atoms. The van der Waals surface area contributed by atoms with Crippen LogP contribution in [-0.4, -0.2) is 48.7 Å². The van der Waals surface area contributed by atoms with Gasteiger partial charge in [0.1, 0.15) is 6.61 Å². The summed E-state index contributed by atoms with van der Waals surface area (Å²) >= 11 is 0. The van der Waals surface area contributed by atoms with E-state index in [1.54, 1.807) is 29.2 Å². The summed E-state index contributed by atoms with van der Waals surface area (Å²) in [6.07, 6.45) is 0.627. The number of aliphatic hydroxyl groups excluding tert-OH is 1. The van der Waals surface area contributed by atoms with Crippen molar-refractivity contribution < 1.29 is 19.4 Å². The van der Waals surface area contributed by atoms with Crippen molar-refractivity contribution in [3.8, 4) is 11.8 Å². The van der Waals surface area contributed by atoms with Gasteiger partial charge in [0.25, 0.3) is 5.91 Å². The van der Waals surface area contributed by atoms with Gasteiger partial charge >= 0.3 is 5.97 Å². The zero-order chi connectivity index (χ0) is 15.2. The summed E-state index contributed by atoms with van der Waals surface area (Å²) in [4.78, 5) is 25.5. The number of benzene rings is 1. The third-order valence-electron chi connectivity index (χ3n) is 3.43. The van der Waals surface area contributed by atoms with Crippen molar-refractivity contribution in [2.24, 2.45) is 5.92 Å². The van der Waals surface area contributed by atoms with E-state index in [0.29, 0.717) is 30.6 Å². The minimum absolute atomic E-state index is 0.117. The monoisotopic (exact) mass is 287 g/mol. The van der Waals surface area contributed by atoms with Gasteiger partial charge in [0.05, 0.1) is 13.0 Å². The summed E-state index contributed by atoms with van der Waals surface area (Å²) in [5.74, 6) is 4.69. The molecule has 1 heterocycles. The van der Waals surface area contributed by atoms with Crippen molar-refractivity contribution in [3.05, 3.63) is 35.4 Å². The van der Waals surface area contributed by atoms with Gasteiger partial charge in [0, 0.05) is 24.2 Å². The fourth-order valence-electron chi connectivity index (χ4n) is 2.36. The van der Waals surface area contributed by atoms with Gasteiger partial charge in [-0.3, -0.25) is 9.59 Å². The van der Waals surface area contributed by atoms with Crippen LogP contribution in [0.25, 0.3) is 0 Å². The van der Waals surface area contributed by atoms with Gasteiger partial charge < -0.3 is 14.7 Å². The van der Waals surface area contributed by atoms with Crippen LogP contribution in [0, 0.1) is 17.8 Å². The van der Waals surface area contributed by atoms with Gasteiger partial charge in [0.15, 0.2) is 0 Å². The van der Waals surface area contributed by atoms with Gasteiger partial charge in [-0.25, -0.2) is 0 Å².